The summed E-state index contributed by atoms with van der Waals surface area (Å²) in [6.07, 6.45) is 1.40. The van der Waals surface area contributed by atoms with Crippen molar-refractivity contribution < 1.29 is 26.7 Å². The number of benzene rings is 2. The molecule has 1 aliphatic carbocycles. The van der Waals surface area contributed by atoms with Crippen LogP contribution in [0.2, 0.25) is 0 Å². The van der Waals surface area contributed by atoms with Crippen LogP contribution in [-0.2, 0) is 0 Å². The molecule has 7 nitrogen and oxygen atoms in total. The number of anilines is 1. The average molecular weight is 739 g/mol. The number of aryl methyl sites for hydroxylation is 1. The molecular formula is C32H32F5IN6O. The highest BCUT2D eigenvalue weighted by atomic mass is 127. The third-order valence-electron chi connectivity index (χ3n) is 10.5. The number of alkyl halides is 3. The van der Waals surface area contributed by atoms with Gasteiger partial charge in [0.1, 0.15) is 33.6 Å². The second-order valence-corrected chi connectivity index (χ2v) is 14.3. The zero-order valence-electron chi connectivity index (χ0n) is 24.7. The number of nitrogens with zero attached hydrogens (tertiary/aromatic N) is 5. The van der Waals surface area contributed by atoms with Crippen LogP contribution in [0.1, 0.15) is 56.1 Å². The Labute approximate surface area is 270 Å². The summed E-state index contributed by atoms with van der Waals surface area (Å²) in [5.74, 6) is -0.766. The predicted octanol–water partition coefficient (Wildman–Crippen LogP) is 7.49. The first kappa shape index (κ1) is 29.6. The molecule has 4 atom stereocenters. The van der Waals surface area contributed by atoms with E-state index < -0.39 is 40.9 Å². The lowest BCUT2D eigenvalue weighted by atomic mass is 9.91. The van der Waals surface area contributed by atoms with Crippen molar-refractivity contribution in [3.63, 3.8) is 0 Å². The molecular weight excluding hydrogens is 706 g/mol. The Morgan fingerprint density at radius 2 is 1.89 bits per heavy atom. The molecule has 2 bridgehead atoms. The van der Waals surface area contributed by atoms with Gasteiger partial charge >= 0.3 is 6.01 Å². The van der Waals surface area contributed by atoms with Crippen molar-refractivity contribution in [3.05, 3.63) is 38.6 Å². The summed E-state index contributed by atoms with van der Waals surface area (Å²) in [6.45, 7) is 4.14. The fourth-order valence-electron chi connectivity index (χ4n) is 8.56. The number of halogens is 6. The van der Waals surface area contributed by atoms with E-state index in [1.54, 1.807) is 0 Å². The van der Waals surface area contributed by atoms with Gasteiger partial charge in [-0.1, -0.05) is 0 Å². The maximum atomic E-state index is 16.9. The Hall–Kier alpha value is -2.81. The summed E-state index contributed by atoms with van der Waals surface area (Å²) in [6, 6.07) is 2.60. The number of nitrogens with one attached hydrogen (secondary N) is 1. The number of hydrogen-bond donors (Lipinski definition) is 1. The van der Waals surface area contributed by atoms with Crippen molar-refractivity contribution >= 4 is 50.2 Å². The van der Waals surface area contributed by atoms with Gasteiger partial charge in [0.05, 0.1) is 16.6 Å². The van der Waals surface area contributed by atoms with Crippen LogP contribution in [0.25, 0.3) is 32.9 Å². The third-order valence-corrected chi connectivity index (χ3v) is 11.3. The van der Waals surface area contributed by atoms with E-state index in [9.17, 15) is 13.2 Å². The number of hydrogen-bond acceptors (Lipinski definition) is 6. The zero-order valence-corrected chi connectivity index (χ0v) is 26.8. The highest BCUT2D eigenvalue weighted by Crippen LogP contribution is 2.46. The Bertz CT molecular complexity index is 1820. The number of piperidine rings is 1. The highest BCUT2D eigenvalue weighted by molar-refractivity contribution is 14.1. The monoisotopic (exact) mass is 738 g/mol. The van der Waals surface area contributed by atoms with Crippen LogP contribution in [0.4, 0.5) is 27.8 Å². The van der Waals surface area contributed by atoms with Crippen molar-refractivity contribution in [1.82, 2.24) is 25.1 Å². The second-order valence-electron chi connectivity index (χ2n) is 13.3. The maximum absolute atomic E-state index is 16.9. The van der Waals surface area contributed by atoms with E-state index in [2.05, 4.69) is 25.0 Å². The first-order valence-electron chi connectivity index (χ1n) is 15.5. The van der Waals surface area contributed by atoms with Gasteiger partial charge in [-0.2, -0.15) is 15.1 Å². The molecule has 45 heavy (non-hydrogen) atoms. The molecule has 3 aliphatic heterocycles. The molecule has 4 aliphatic rings. The van der Waals surface area contributed by atoms with Gasteiger partial charge in [0.15, 0.2) is 5.82 Å². The normalized spacial score (nSPS) is 26.6. The molecule has 5 heterocycles. The Kier molecular flexibility index (Phi) is 7.15. The van der Waals surface area contributed by atoms with Gasteiger partial charge in [0.25, 0.3) is 6.43 Å². The van der Waals surface area contributed by atoms with Gasteiger partial charge in [-0.15, -0.1) is 0 Å². The SMILES string of the molecule is Cc1cc2[nH]nc(I)c2c(-c2c(F)cc3c(N4CC5CCC(C5)C4)nc(OC[C@@]45CCCN4C[C@H](F)C5)nc3c2F)c1C(F)F. The summed E-state index contributed by atoms with van der Waals surface area (Å²) in [7, 11) is 0. The van der Waals surface area contributed by atoms with Crippen LogP contribution in [0, 0.1) is 34.1 Å². The molecule has 2 aromatic heterocycles. The zero-order chi connectivity index (χ0) is 31.2. The van der Waals surface area contributed by atoms with E-state index >= 15 is 8.78 Å². The van der Waals surface area contributed by atoms with Crippen LogP contribution in [-0.4, -0.2) is 69.6 Å². The van der Waals surface area contributed by atoms with Crippen molar-refractivity contribution in [2.45, 2.75) is 63.6 Å². The predicted molar refractivity (Wildman–Crippen MR) is 169 cm³/mol. The summed E-state index contributed by atoms with van der Waals surface area (Å²) >= 11 is 1.88. The minimum atomic E-state index is -2.99. The third kappa shape index (κ3) is 4.77. The van der Waals surface area contributed by atoms with Gasteiger partial charge in [-0.3, -0.25) is 10.00 Å². The lowest BCUT2D eigenvalue weighted by molar-refractivity contribution is 0.107. The smallest absolute Gasteiger partial charge is 0.319 e. The van der Waals surface area contributed by atoms with Gasteiger partial charge in [0.2, 0.25) is 0 Å². The molecule has 238 valence electrons. The number of aromatic amines is 1. The van der Waals surface area contributed by atoms with Gasteiger partial charge < -0.3 is 9.64 Å². The number of rotatable bonds is 6. The molecule has 13 heteroatoms. The molecule has 0 amide bonds. The van der Waals surface area contributed by atoms with Crippen molar-refractivity contribution in [1.29, 1.82) is 0 Å². The first-order chi connectivity index (χ1) is 21.6. The minimum absolute atomic E-state index is 0.0863. The Morgan fingerprint density at radius 3 is 2.64 bits per heavy atom. The molecule has 1 saturated carbocycles. The second kappa shape index (κ2) is 10.9. The number of H-pyrrole nitrogens is 1. The summed E-state index contributed by atoms with van der Waals surface area (Å²) < 4.78 is 83.3. The fourth-order valence-corrected chi connectivity index (χ4v) is 9.25. The van der Waals surface area contributed by atoms with E-state index in [4.69, 9.17) is 9.72 Å². The lowest BCUT2D eigenvalue weighted by Gasteiger charge is -2.34. The van der Waals surface area contributed by atoms with E-state index in [-0.39, 0.29) is 40.0 Å². The Morgan fingerprint density at radius 1 is 1.11 bits per heavy atom. The quantitative estimate of drug-likeness (QED) is 0.163. The molecule has 3 saturated heterocycles. The lowest BCUT2D eigenvalue weighted by Crippen LogP contribution is -2.43. The number of ether oxygens (including phenoxy) is 1. The number of fused-ring (bicyclic) bond motifs is 5. The Balaban J connectivity index is 1.31. The largest absolute Gasteiger partial charge is 0.461 e. The fraction of sp³-hybridized carbons (Fsp3) is 0.531. The van der Waals surface area contributed by atoms with Crippen molar-refractivity contribution in [3.8, 4) is 17.1 Å². The van der Waals surface area contributed by atoms with Crippen molar-refractivity contribution in [2.75, 3.05) is 37.7 Å². The van der Waals surface area contributed by atoms with Gasteiger partial charge in [-0.05, 0) is 97.7 Å². The maximum Gasteiger partial charge on any atom is 0.319 e. The van der Waals surface area contributed by atoms with E-state index in [1.165, 1.54) is 19.1 Å². The van der Waals surface area contributed by atoms with E-state index in [0.29, 0.717) is 52.9 Å². The van der Waals surface area contributed by atoms with Crippen LogP contribution < -0.4 is 9.64 Å². The first-order valence-corrected chi connectivity index (χ1v) is 16.6. The summed E-state index contributed by atoms with van der Waals surface area (Å²) in [4.78, 5) is 13.4. The molecule has 1 N–H and O–H groups in total. The standard InChI is InChI=1S/C32H32F5IN6O/c1-15-7-21-24(29(38)42-41-21)25(22(15)28(36)37)23-20(34)9-19-27(26(23)35)39-31(40-30(19)43-11-16-3-4-17(8-16)12-43)45-14-32-5-2-6-44(32)13-18(33)10-32/h7,9,16-18,28H,2-6,8,10-14H2,1H3,(H,41,42)/t16?,17?,18-,32+/m1/s1. The summed E-state index contributed by atoms with van der Waals surface area (Å²) in [5.41, 5.74) is -1.38. The van der Waals surface area contributed by atoms with Crippen molar-refractivity contribution in [2.24, 2.45) is 11.8 Å². The molecule has 0 radical (unpaired) electrons. The molecule has 8 rings (SSSR count). The van der Waals surface area contributed by atoms with Crippen LogP contribution in [0.15, 0.2) is 12.1 Å². The number of aromatic nitrogens is 4. The highest BCUT2D eigenvalue weighted by Gasteiger charge is 2.49. The van der Waals surface area contributed by atoms with Crippen LogP contribution >= 0.6 is 22.6 Å². The average Bonchev–Trinajstić information content (AvgIpc) is 3.73. The van der Waals surface area contributed by atoms with Gasteiger partial charge in [-0.25, -0.2) is 22.0 Å². The molecule has 4 fully saturated rings. The molecule has 4 aromatic rings. The molecule has 2 unspecified atom stereocenters. The molecule has 0 spiro atoms. The van der Waals surface area contributed by atoms with Crippen LogP contribution in [0.3, 0.4) is 0 Å². The van der Waals surface area contributed by atoms with E-state index in [1.807, 2.05) is 22.6 Å². The topological polar surface area (TPSA) is 70.2 Å². The molecule has 2 aromatic carbocycles. The van der Waals surface area contributed by atoms with E-state index in [0.717, 1.165) is 38.6 Å². The van der Waals surface area contributed by atoms with Gasteiger partial charge in [0, 0.05) is 48.0 Å². The summed E-state index contributed by atoms with van der Waals surface area (Å²) in [5, 5.41) is 7.31. The minimum Gasteiger partial charge on any atom is -0.461 e. The van der Waals surface area contributed by atoms with Crippen LogP contribution in [0.5, 0.6) is 6.01 Å².